The Morgan fingerprint density at radius 2 is 1.71 bits per heavy atom. The summed E-state index contributed by atoms with van der Waals surface area (Å²) in [5.41, 5.74) is 1.58. The van der Waals surface area contributed by atoms with Gasteiger partial charge >= 0.3 is 0 Å². The number of hydrogen-bond acceptors (Lipinski definition) is 6. The van der Waals surface area contributed by atoms with Crippen molar-refractivity contribution in [1.82, 2.24) is 25.4 Å². The number of hydrogen-bond donors (Lipinski definition) is 2. The Hall–Kier alpha value is -3.40. The van der Waals surface area contributed by atoms with Crippen LogP contribution in [-0.2, 0) is 16.0 Å². The predicted octanol–water partition coefficient (Wildman–Crippen LogP) is 1.98. The number of nitrogens with zero attached hydrogens (tertiary/aromatic N) is 3. The van der Waals surface area contributed by atoms with E-state index in [1.165, 1.54) is 23.9 Å². The molecule has 0 atom stereocenters. The maximum atomic E-state index is 12.9. The lowest BCUT2D eigenvalue weighted by molar-refractivity contribution is -0.121. The van der Waals surface area contributed by atoms with Gasteiger partial charge in [0, 0.05) is 18.8 Å². The smallest absolute Gasteiger partial charge is 0.230 e. The summed E-state index contributed by atoms with van der Waals surface area (Å²) in [5, 5.41) is 14.0. The molecule has 3 aromatic rings. The predicted molar refractivity (Wildman–Crippen MR) is 115 cm³/mol. The quantitative estimate of drug-likeness (QED) is 0.367. The Morgan fingerprint density at radius 3 is 2.39 bits per heavy atom. The molecule has 8 nitrogen and oxygen atoms in total. The van der Waals surface area contributed by atoms with Crippen molar-refractivity contribution in [2.45, 2.75) is 11.6 Å². The molecular formula is C21H22FN5O3S. The molecule has 2 N–H and O–H groups in total. The van der Waals surface area contributed by atoms with Crippen molar-refractivity contribution in [3.63, 3.8) is 0 Å². The first-order valence-electron chi connectivity index (χ1n) is 9.50. The van der Waals surface area contributed by atoms with Gasteiger partial charge in [0.2, 0.25) is 11.8 Å². The van der Waals surface area contributed by atoms with Crippen LogP contribution in [0.5, 0.6) is 5.75 Å². The maximum absolute atomic E-state index is 12.9. The second kappa shape index (κ2) is 11.1. The molecule has 2 amide bonds. The van der Waals surface area contributed by atoms with Gasteiger partial charge in [-0.15, -0.1) is 10.2 Å². The first-order valence-corrected chi connectivity index (χ1v) is 10.5. The fourth-order valence-corrected chi connectivity index (χ4v) is 3.44. The second-order valence-electron chi connectivity index (χ2n) is 6.47. The van der Waals surface area contributed by atoms with E-state index in [2.05, 4.69) is 20.8 Å². The second-order valence-corrected chi connectivity index (χ2v) is 7.42. The van der Waals surface area contributed by atoms with E-state index >= 15 is 0 Å². The molecule has 0 aliphatic heterocycles. The molecule has 2 aromatic carbocycles. The monoisotopic (exact) mass is 443 g/mol. The van der Waals surface area contributed by atoms with Gasteiger partial charge in [0.05, 0.1) is 19.3 Å². The van der Waals surface area contributed by atoms with E-state index in [4.69, 9.17) is 4.74 Å². The number of benzene rings is 2. The Balaban J connectivity index is 1.37. The molecule has 1 aromatic heterocycles. The summed E-state index contributed by atoms with van der Waals surface area (Å²) in [6, 6.07) is 13.2. The number of ether oxygens (including phenoxy) is 1. The lowest BCUT2D eigenvalue weighted by atomic mass is 10.1. The highest BCUT2D eigenvalue weighted by Crippen LogP contribution is 2.21. The molecule has 1 heterocycles. The van der Waals surface area contributed by atoms with E-state index in [1.54, 1.807) is 30.1 Å². The highest BCUT2D eigenvalue weighted by molar-refractivity contribution is 7.99. The number of amides is 2. The van der Waals surface area contributed by atoms with Crippen LogP contribution in [0.3, 0.4) is 0 Å². The summed E-state index contributed by atoms with van der Waals surface area (Å²) in [4.78, 5) is 24.0. The fraction of sp³-hybridized carbons (Fsp3) is 0.238. The molecule has 0 aliphatic rings. The van der Waals surface area contributed by atoms with Crippen LogP contribution < -0.4 is 15.4 Å². The Morgan fingerprint density at radius 1 is 1.03 bits per heavy atom. The molecule has 0 saturated heterocycles. The fourth-order valence-electron chi connectivity index (χ4n) is 2.68. The van der Waals surface area contributed by atoms with E-state index in [1.807, 2.05) is 24.3 Å². The largest absolute Gasteiger partial charge is 0.497 e. The lowest BCUT2D eigenvalue weighted by Gasteiger charge is -2.08. The van der Waals surface area contributed by atoms with Crippen LogP contribution in [0.15, 0.2) is 60.0 Å². The maximum Gasteiger partial charge on any atom is 0.230 e. The minimum absolute atomic E-state index is 0.158. The normalized spacial score (nSPS) is 10.5. The zero-order valence-electron chi connectivity index (χ0n) is 16.9. The van der Waals surface area contributed by atoms with Crippen LogP contribution in [0.4, 0.5) is 4.39 Å². The molecular weight excluding hydrogens is 421 g/mol. The van der Waals surface area contributed by atoms with Gasteiger partial charge in [-0.25, -0.2) is 4.39 Å². The average molecular weight is 444 g/mol. The van der Waals surface area contributed by atoms with Gasteiger partial charge in [0.1, 0.15) is 17.9 Å². The van der Waals surface area contributed by atoms with Gasteiger partial charge < -0.3 is 15.4 Å². The molecule has 0 fully saturated rings. The van der Waals surface area contributed by atoms with Crippen LogP contribution in [0.25, 0.3) is 5.69 Å². The highest BCUT2D eigenvalue weighted by atomic mass is 32.2. The summed E-state index contributed by atoms with van der Waals surface area (Å²) in [6.07, 6.45) is 1.74. The van der Waals surface area contributed by atoms with E-state index < -0.39 is 0 Å². The Bertz CT molecular complexity index is 1010. The van der Waals surface area contributed by atoms with Crippen molar-refractivity contribution in [3.8, 4) is 11.4 Å². The van der Waals surface area contributed by atoms with Crippen LogP contribution in [0.1, 0.15) is 5.56 Å². The highest BCUT2D eigenvalue weighted by Gasteiger charge is 2.10. The number of rotatable bonds is 10. The zero-order chi connectivity index (χ0) is 22.1. The molecule has 31 heavy (non-hydrogen) atoms. The molecule has 162 valence electrons. The minimum atomic E-state index is -0.341. The van der Waals surface area contributed by atoms with Crippen molar-refractivity contribution < 1.29 is 18.7 Å². The van der Waals surface area contributed by atoms with E-state index in [0.717, 1.165) is 17.0 Å². The van der Waals surface area contributed by atoms with Crippen molar-refractivity contribution >= 4 is 23.6 Å². The third-order valence-electron chi connectivity index (χ3n) is 4.25. The molecule has 0 aliphatic carbocycles. The molecule has 0 radical (unpaired) electrons. The third-order valence-corrected chi connectivity index (χ3v) is 5.19. The average Bonchev–Trinajstić information content (AvgIpc) is 3.25. The minimum Gasteiger partial charge on any atom is -0.497 e. The number of thioether (sulfide) groups is 1. The van der Waals surface area contributed by atoms with Crippen molar-refractivity contribution in [1.29, 1.82) is 0 Å². The summed E-state index contributed by atoms with van der Waals surface area (Å²) in [5.74, 6) is 0.199. The number of methoxy groups -OCH3 is 1. The van der Waals surface area contributed by atoms with Crippen molar-refractivity contribution in [2.24, 2.45) is 0 Å². The standard InChI is InChI=1S/C21H22FN5O3S/c1-30-18-8-6-17(7-9-18)27-14-25-26-21(27)31-13-20(29)24-11-10-23-19(28)12-15-2-4-16(22)5-3-15/h2-9,14H,10-13H2,1H3,(H,23,28)(H,24,29). The molecule has 0 spiro atoms. The zero-order valence-corrected chi connectivity index (χ0v) is 17.7. The molecule has 0 saturated carbocycles. The van der Waals surface area contributed by atoms with Crippen molar-refractivity contribution in [2.75, 3.05) is 26.0 Å². The molecule has 3 rings (SSSR count). The number of carbonyl (C=O) groups is 2. The van der Waals surface area contributed by atoms with Gasteiger partial charge in [-0.1, -0.05) is 23.9 Å². The number of halogens is 1. The van der Waals surface area contributed by atoms with Gasteiger partial charge in [-0.2, -0.15) is 0 Å². The van der Waals surface area contributed by atoms with Gasteiger partial charge in [0.15, 0.2) is 5.16 Å². The van der Waals surface area contributed by atoms with Gasteiger partial charge in [0.25, 0.3) is 0 Å². The number of nitrogens with one attached hydrogen (secondary N) is 2. The summed E-state index contributed by atoms with van der Waals surface area (Å²) in [7, 11) is 1.60. The first kappa shape index (κ1) is 22.3. The summed E-state index contributed by atoms with van der Waals surface area (Å²) in [6.45, 7) is 0.609. The van der Waals surface area contributed by atoms with Crippen LogP contribution >= 0.6 is 11.8 Å². The summed E-state index contributed by atoms with van der Waals surface area (Å²) >= 11 is 1.26. The lowest BCUT2D eigenvalue weighted by Crippen LogP contribution is -2.36. The summed E-state index contributed by atoms with van der Waals surface area (Å²) < 4.78 is 19.8. The van der Waals surface area contributed by atoms with E-state index in [9.17, 15) is 14.0 Å². The van der Waals surface area contributed by atoms with E-state index in [-0.39, 0.29) is 29.8 Å². The van der Waals surface area contributed by atoms with Crippen LogP contribution in [-0.4, -0.2) is 52.5 Å². The number of aromatic nitrogens is 3. The van der Waals surface area contributed by atoms with Crippen LogP contribution in [0.2, 0.25) is 0 Å². The third kappa shape index (κ3) is 6.82. The number of carbonyl (C=O) groups excluding carboxylic acids is 2. The molecule has 10 heteroatoms. The molecule has 0 unspecified atom stereocenters. The Kier molecular flexibility index (Phi) is 7.99. The first-order chi connectivity index (χ1) is 15.0. The van der Waals surface area contributed by atoms with Crippen molar-refractivity contribution in [3.05, 3.63) is 66.2 Å². The SMILES string of the molecule is COc1ccc(-n2cnnc2SCC(=O)NCCNC(=O)Cc2ccc(F)cc2)cc1. The van der Waals surface area contributed by atoms with E-state index in [0.29, 0.717) is 18.2 Å². The topological polar surface area (TPSA) is 98.1 Å². The van der Waals surface area contributed by atoms with Gasteiger partial charge in [-0.3, -0.25) is 14.2 Å². The Labute approximate surface area is 183 Å². The van der Waals surface area contributed by atoms with Crippen LogP contribution in [0, 0.1) is 5.82 Å². The van der Waals surface area contributed by atoms with Gasteiger partial charge in [-0.05, 0) is 42.0 Å². The molecule has 0 bridgehead atoms.